The molecule has 1 heterocycles. The molecule has 0 bridgehead atoms. The molecule has 7 heteroatoms. The average Bonchev–Trinajstić information content (AvgIpc) is 3.13. The molecule has 0 saturated heterocycles. The maximum Gasteiger partial charge on any atom is 0.242 e. The van der Waals surface area contributed by atoms with Crippen LogP contribution in [0.3, 0.4) is 0 Å². The third kappa shape index (κ3) is 4.83. The Morgan fingerprint density at radius 3 is 2.58 bits per heavy atom. The second kappa shape index (κ2) is 8.66. The van der Waals surface area contributed by atoms with E-state index in [1.807, 2.05) is 54.6 Å². The van der Waals surface area contributed by atoms with Crippen molar-refractivity contribution in [2.45, 2.75) is 19.7 Å². The van der Waals surface area contributed by atoms with Gasteiger partial charge in [-0.25, -0.2) is 4.68 Å². The fourth-order valence-electron chi connectivity index (χ4n) is 2.37. The van der Waals surface area contributed by atoms with E-state index in [9.17, 15) is 4.79 Å². The Morgan fingerprint density at radius 1 is 1.08 bits per heavy atom. The Kier molecular flexibility index (Phi) is 5.82. The first-order valence-electron chi connectivity index (χ1n) is 8.20. The fourth-order valence-corrected chi connectivity index (χ4v) is 2.37. The SMILES string of the molecule is COc1ccccc1OCc1cn(CC(=O)NCc2ccccc2)nn1. The highest BCUT2D eigenvalue weighted by Crippen LogP contribution is 2.26. The van der Waals surface area contributed by atoms with Crippen LogP contribution in [0.15, 0.2) is 60.8 Å². The highest BCUT2D eigenvalue weighted by molar-refractivity contribution is 5.75. The molecule has 26 heavy (non-hydrogen) atoms. The molecule has 0 aliphatic rings. The Bertz CT molecular complexity index is 849. The molecule has 134 valence electrons. The topological polar surface area (TPSA) is 78.3 Å². The van der Waals surface area contributed by atoms with E-state index < -0.39 is 0 Å². The van der Waals surface area contributed by atoms with Crippen LogP contribution in [-0.4, -0.2) is 28.0 Å². The van der Waals surface area contributed by atoms with Crippen LogP contribution in [-0.2, 0) is 24.5 Å². The second-order valence-electron chi connectivity index (χ2n) is 5.61. The van der Waals surface area contributed by atoms with E-state index in [0.717, 1.165) is 5.56 Å². The van der Waals surface area contributed by atoms with Gasteiger partial charge in [0.2, 0.25) is 5.91 Å². The minimum Gasteiger partial charge on any atom is -0.493 e. The fraction of sp³-hybridized carbons (Fsp3) is 0.211. The summed E-state index contributed by atoms with van der Waals surface area (Å²) in [5.74, 6) is 1.15. The molecule has 0 spiro atoms. The standard InChI is InChI=1S/C19H20N4O3/c1-25-17-9-5-6-10-18(17)26-14-16-12-23(22-21-16)13-19(24)20-11-15-7-3-2-4-8-15/h2-10,12H,11,13-14H2,1H3,(H,20,24). The zero-order valence-corrected chi connectivity index (χ0v) is 14.5. The number of aromatic nitrogens is 3. The minimum atomic E-state index is -0.129. The van der Waals surface area contributed by atoms with Gasteiger partial charge in [-0.3, -0.25) is 4.79 Å². The molecule has 0 aliphatic heterocycles. The molecule has 2 aromatic carbocycles. The molecule has 0 fully saturated rings. The lowest BCUT2D eigenvalue weighted by molar-refractivity contribution is -0.122. The van der Waals surface area contributed by atoms with Crippen molar-refractivity contribution in [1.29, 1.82) is 0 Å². The van der Waals surface area contributed by atoms with E-state index in [2.05, 4.69) is 15.6 Å². The number of ether oxygens (including phenoxy) is 2. The van der Waals surface area contributed by atoms with Crippen molar-refractivity contribution in [3.63, 3.8) is 0 Å². The molecule has 1 N–H and O–H groups in total. The Hall–Kier alpha value is -3.35. The van der Waals surface area contributed by atoms with Crippen LogP contribution < -0.4 is 14.8 Å². The number of para-hydroxylation sites is 2. The number of methoxy groups -OCH3 is 1. The highest BCUT2D eigenvalue weighted by Gasteiger charge is 2.08. The number of hydrogen-bond acceptors (Lipinski definition) is 5. The van der Waals surface area contributed by atoms with Gasteiger partial charge in [-0.05, 0) is 17.7 Å². The van der Waals surface area contributed by atoms with E-state index in [4.69, 9.17) is 9.47 Å². The van der Waals surface area contributed by atoms with E-state index in [1.165, 1.54) is 4.68 Å². The lowest BCUT2D eigenvalue weighted by atomic mass is 10.2. The van der Waals surface area contributed by atoms with Crippen LogP contribution in [0.5, 0.6) is 11.5 Å². The van der Waals surface area contributed by atoms with Gasteiger partial charge in [0, 0.05) is 6.54 Å². The molecular formula is C19H20N4O3. The molecule has 0 unspecified atom stereocenters. The summed E-state index contributed by atoms with van der Waals surface area (Å²) < 4.78 is 12.4. The molecule has 1 aromatic heterocycles. The molecule has 0 saturated carbocycles. The maximum absolute atomic E-state index is 12.0. The smallest absolute Gasteiger partial charge is 0.242 e. The molecule has 0 atom stereocenters. The number of nitrogens with one attached hydrogen (secondary N) is 1. The van der Waals surface area contributed by atoms with Gasteiger partial charge in [-0.2, -0.15) is 0 Å². The molecule has 0 aliphatic carbocycles. The largest absolute Gasteiger partial charge is 0.493 e. The number of nitrogens with zero attached hydrogens (tertiary/aromatic N) is 3. The molecule has 1 amide bonds. The molecular weight excluding hydrogens is 332 g/mol. The van der Waals surface area contributed by atoms with Crippen LogP contribution in [0.2, 0.25) is 0 Å². The summed E-state index contributed by atoms with van der Waals surface area (Å²) in [4.78, 5) is 12.0. The van der Waals surface area contributed by atoms with E-state index in [1.54, 1.807) is 13.3 Å². The van der Waals surface area contributed by atoms with E-state index >= 15 is 0 Å². The lowest BCUT2D eigenvalue weighted by Gasteiger charge is -2.08. The summed E-state index contributed by atoms with van der Waals surface area (Å²) in [6.45, 7) is 0.832. The number of benzene rings is 2. The van der Waals surface area contributed by atoms with Crippen molar-refractivity contribution in [2.24, 2.45) is 0 Å². The zero-order valence-electron chi connectivity index (χ0n) is 14.5. The van der Waals surface area contributed by atoms with Crippen LogP contribution >= 0.6 is 0 Å². The Morgan fingerprint density at radius 2 is 1.81 bits per heavy atom. The van der Waals surface area contributed by atoms with Gasteiger partial charge in [0.05, 0.1) is 13.3 Å². The summed E-state index contributed by atoms with van der Waals surface area (Å²) in [6, 6.07) is 17.1. The molecule has 0 radical (unpaired) electrons. The third-order valence-electron chi connectivity index (χ3n) is 3.67. The van der Waals surface area contributed by atoms with Crippen molar-refractivity contribution in [2.75, 3.05) is 7.11 Å². The van der Waals surface area contributed by atoms with Crippen LogP contribution in [0, 0.1) is 0 Å². The Balaban J connectivity index is 1.49. The zero-order chi connectivity index (χ0) is 18.2. The van der Waals surface area contributed by atoms with Gasteiger partial charge in [0.15, 0.2) is 11.5 Å². The van der Waals surface area contributed by atoms with Gasteiger partial charge in [0.25, 0.3) is 0 Å². The van der Waals surface area contributed by atoms with Crippen LogP contribution in [0.4, 0.5) is 0 Å². The summed E-state index contributed by atoms with van der Waals surface area (Å²) >= 11 is 0. The number of carbonyl (C=O) groups excluding carboxylic acids is 1. The molecule has 3 rings (SSSR count). The molecule has 3 aromatic rings. The van der Waals surface area contributed by atoms with E-state index in [0.29, 0.717) is 23.7 Å². The summed E-state index contributed by atoms with van der Waals surface area (Å²) in [7, 11) is 1.59. The van der Waals surface area contributed by atoms with Crippen LogP contribution in [0.1, 0.15) is 11.3 Å². The normalized spacial score (nSPS) is 10.3. The van der Waals surface area contributed by atoms with Gasteiger partial charge >= 0.3 is 0 Å². The highest BCUT2D eigenvalue weighted by atomic mass is 16.5. The van der Waals surface area contributed by atoms with Crippen molar-refractivity contribution < 1.29 is 14.3 Å². The van der Waals surface area contributed by atoms with Crippen molar-refractivity contribution >= 4 is 5.91 Å². The predicted molar refractivity (Wildman–Crippen MR) is 95.6 cm³/mol. The first-order valence-corrected chi connectivity index (χ1v) is 8.20. The minimum absolute atomic E-state index is 0.106. The lowest BCUT2D eigenvalue weighted by Crippen LogP contribution is -2.27. The average molecular weight is 352 g/mol. The first-order chi connectivity index (χ1) is 12.7. The predicted octanol–water partition coefficient (Wildman–Crippen LogP) is 2.18. The second-order valence-corrected chi connectivity index (χ2v) is 5.61. The number of rotatable bonds is 8. The van der Waals surface area contributed by atoms with Crippen LogP contribution in [0.25, 0.3) is 0 Å². The van der Waals surface area contributed by atoms with Crippen molar-refractivity contribution in [1.82, 2.24) is 20.3 Å². The molecule has 7 nitrogen and oxygen atoms in total. The van der Waals surface area contributed by atoms with Crippen molar-refractivity contribution in [3.05, 3.63) is 72.1 Å². The summed E-state index contributed by atoms with van der Waals surface area (Å²) in [5, 5.41) is 10.8. The first kappa shape index (κ1) is 17.5. The number of hydrogen-bond donors (Lipinski definition) is 1. The quantitative estimate of drug-likeness (QED) is 0.672. The summed E-state index contributed by atoms with van der Waals surface area (Å²) in [5.41, 5.74) is 1.68. The van der Waals surface area contributed by atoms with Gasteiger partial charge in [0.1, 0.15) is 18.8 Å². The van der Waals surface area contributed by atoms with E-state index in [-0.39, 0.29) is 19.1 Å². The van der Waals surface area contributed by atoms with Crippen molar-refractivity contribution in [3.8, 4) is 11.5 Å². The number of amides is 1. The van der Waals surface area contributed by atoms with Gasteiger partial charge in [-0.15, -0.1) is 5.10 Å². The Labute approximate surface area is 151 Å². The third-order valence-corrected chi connectivity index (χ3v) is 3.67. The maximum atomic E-state index is 12.0. The van der Waals surface area contributed by atoms with Gasteiger partial charge in [-0.1, -0.05) is 47.7 Å². The monoisotopic (exact) mass is 352 g/mol. The number of carbonyl (C=O) groups is 1. The summed E-state index contributed by atoms with van der Waals surface area (Å²) in [6.07, 6.45) is 1.69. The van der Waals surface area contributed by atoms with Gasteiger partial charge < -0.3 is 14.8 Å².